The summed E-state index contributed by atoms with van der Waals surface area (Å²) in [6.07, 6.45) is 3.50. The van der Waals surface area contributed by atoms with E-state index in [1.165, 1.54) is 5.56 Å². The topological polar surface area (TPSA) is 71.8 Å². The molecule has 0 aliphatic carbocycles. The van der Waals surface area contributed by atoms with Crippen LogP contribution in [0.15, 0.2) is 41.0 Å². The van der Waals surface area contributed by atoms with Gasteiger partial charge in [0.1, 0.15) is 11.5 Å². The van der Waals surface area contributed by atoms with Crippen molar-refractivity contribution in [3.05, 3.63) is 47.9 Å². The fourth-order valence-electron chi connectivity index (χ4n) is 3.16. The molecule has 1 N–H and O–H groups in total. The zero-order valence-electron chi connectivity index (χ0n) is 16.8. The average molecular weight is 384 g/mol. The van der Waals surface area contributed by atoms with Crippen molar-refractivity contribution in [1.29, 1.82) is 0 Å². The molecule has 0 saturated heterocycles. The number of furan rings is 1. The summed E-state index contributed by atoms with van der Waals surface area (Å²) in [6.45, 7) is 7.43. The quantitative estimate of drug-likeness (QED) is 0.752. The highest BCUT2D eigenvalue weighted by molar-refractivity contribution is 5.98. The molecule has 3 rings (SSSR count). The summed E-state index contributed by atoms with van der Waals surface area (Å²) in [5, 5.41) is 2.83. The minimum Gasteiger partial charge on any atom is -0.482 e. The summed E-state index contributed by atoms with van der Waals surface area (Å²) >= 11 is 0. The number of carbonyl (C=O) groups is 2. The molecule has 0 atom stereocenters. The van der Waals surface area contributed by atoms with Crippen molar-refractivity contribution >= 4 is 17.5 Å². The number of amides is 2. The Morgan fingerprint density at radius 3 is 2.82 bits per heavy atom. The molecule has 28 heavy (non-hydrogen) atoms. The number of hydrogen-bond acceptors (Lipinski definition) is 4. The number of benzene rings is 1. The third-order valence-corrected chi connectivity index (χ3v) is 5.39. The Morgan fingerprint density at radius 2 is 2.11 bits per heavy atom. The maximum Gasteiger partial charge on any atom is 0.265 e. The third-order valence-electron chi connectivity index (χ3n) is 5.39. The summed E-state index contributed by atoms with van der Waals surface area (Å²) in [5.74, 6) is 1.31. The lowest BCUT2D eigenvalue weighted by atomic mass is 9.82. The summed E-state index contributed by atoms with van der Waals surface area (Å²) < 4.78 is 10.8. The maximum absolute atomic E-state index is 12.4. The van der Waals surface area contributed by atoms with E-state index in [2.05, 4.69) is 32.2 Å². The first-order valence-corrected chi connectivity index (χ1v) is 9.77. The Kier molecular flexibility index (Phi) is 6.07. The Bertz CT molecular complexity index is 827. The smallest absolute Gasteiger partial charge is 0.265 e. The Labute approximate surface area is 165 Å². The van der Waals surface area contributed by atoms with Gasteiger partial charge in [-0.15, -0.1) is 0 Å². The van der Waals surface area contributed by atoms with Crippen molar-refractivity contribution in [2.75, 3.05) is 18.1 Å². The molecule has 1 aliphatic heterocycles. The molecule has 1 aromatic heterocycles. The van der Waals surface area contributed by atoms with Crippen LogP contribution in [0.3, 0.4) is 0 Å². The second-order valence-corrected chi connectivity index (χ2v) is 7.71. The van der Waals surface area contributed by atoms with E-state index in [0.29, 0.717) is 25.9 Å². The first-order valence-electron chi connectivity index (χ1n) is 9.77. The van der Waals surface area contributed by atoms with Crippen LogP contribution in [-0.2, 0) is 21.5 Å². The van der Waals surface area contributed by atoms with Gasteiger partial charge in [0, 0.05) is 13.0 Å². The van der Waals surface area contributed by atoms with Crippen molar-refractivity contribution in [2.24, 2.45) is 0 Å². The number of ether oxygens (including phenoxy) is 1. The lowest BCUT2D eigenvalue weighted by Crippen LogP contribution is -2.40. The van der Waals surface area contributed by atoms with Crippen LogP contribution in [0.2, 0.25) is 0 Å². The third kappa shape index (κ3) is 4.55. The molecule has 0 radical (unpaired) electrons. The SMILES string of the molecule is CCC(C)(C)c1ccc2c(c1)N(CCCC(=O)NCc1ccco1)C(=O)CO2. The van der Waals surface area contributed by atoms with Crippen LogP contribution in [0.1, 0.15) is 51.4 Å². The predicted octanol–water partition coefficient (Wildman–Crippen LogP) is 3.79. The second-order valence-electron chi connectivity index (χ2n) is 7.71. The van der Waals surface area contributed by atoms with Gasteiger partial charge in [-0.1, -0.05) is 26.8 Å². The number of nitrogens with one attached hydrogen (secondary N) is 1. The van der Waals surface area contributed by atoms with Gasteiger partial charge in [-0.3, -0.25) is 9.59 Å². The second kappa shape index (κ2) is 8.50. The summed E-state index contributed by atoms with van der Waals surface area (Å²) in [5.41, 5.74) is 1.99. The van der Waals surface area contributed by atoms with E-state index in [-0.39, 0.29) is 23.8 Å². The van der Waals surface area contributed by atoms with Crippen LogP contribution < -0.4 is 15.0 Å². The lowest BCUT2D eigenvalue weighted by Gasteiger charge is -2.32. The molecule has 0 spiro atoms. The molecule has 2 aromatic rings. The molecule has 2 heterocycles. The lowest BCUT2D eigenvalue weighted by molar-refractivity contribution is -0.123. The molecule has 2 amide bonds. The van der Waals surface area contributed by atoms with Gasteiger partial charge in [-0.25, -0.2) is 0 Å². The van der Waals surface area contributed by atoms with Crippen LogP contribution in [0.5, 0.6) is 5.75 Å². The summed E-state index contributed by atoms with van der Waals surface area (Å²) in [6, 6.07) is 9.67. The fourth-order valence-corrected chi connectivity index (χ4v) is 3.16. The van der Waals surface area contributed by atoms with E-state index in [1.54, 1.807) is 17.2 Å². The van der Waals surface area contributed by atoms with Gasteiger partial charge in [-0.05, 0) is 48.1 Å². The van der Waals surface area contributed by atoms with Gasteiger partial charge >= 0.3 is 0 Å². The zero-order valence-corrected chi connectivity index (χ0v) is 16.8. The standard InChI is InChI=1S/C22H28N2O4/c1-4-22(2,3)16-9-10-19-18(13-16)24(21(26)15-28-19)11-5-8-20(25)23-14-17-7-6-12-27-17/h6-7,9-10,12-13H,4-5,8,11,14-15H2,1-3H3,(H,23,25). The first-order chi connectivity index (χ1) is 13.4. The molecule has 6 nitrogen and oxygen atoms in total. The monoisotopic (exact) mass is 384 g/mol. The van der Waals surface area contributed by atoms with Crippen LogP contribution in [0.4, 0.5) is 5.69 Å². The van der Waals surface area contributed by atoms with Crippen molar-refractivity contribution in [1.82, 2.24) is 5.32 Å². The van der Waals surface area contributed by atoms with Crippen LogP contribution in [-0.4, -0.2) is 25.0 Å². The van der Waals surface area contributed by atoms with E-state index in [9.17, 15) is 9.59 Å². The molecule has 0 bridgehead atoms. The van der Waals surface area contributed by atoms with E-state index < -0.39 is 0 Å². The summed E-state index contributed by atoms with van der Waals surface area (Å²) in [4.78, 5) is 26.2. The molecule has 0 fully saturated rings. The molecular weight excluding hydrogens is 356 g/mol. The Morgan fingerprint density at radius 1 is 1.29 bits per heavy atom. The van der Waals surface area contributed by atoms with Crippen molar-refractivity contribution < 1.29 is 18.7 Å². The molecule has 1 aliphatic rings. The normalized spacial score (nSPS) is 13.8. The van der Waals surface area contributed by atoms with Crippen molar-refractivity contribution in [3.63, 3.8) is 0 Å². The van der Waals surface area contributed by atoms with Crippen molar-refractivity contribution in [2.45, 2.75) is 52.0 Å². The molecule has 0 unspecified atom stereocenters. The molecule has 1 aromatic carbocycles. The van der Waals surface area contributed by atoms with Gasteiger partial charge in [0.05, 0.1) is 18.5 Å². The average Bonchev–Trinajstić information content (AvgIpc) is 3.21. The fraction of sp³-hybridized carbons (Fsp3) is 0.455. The van der Waals surface area contributed by atoms with Gasteiger partial charge in [0.15, 0.2) is 6.61 Å². The van der Waals surface area contributed by atoms with Gasteiger partial charge in [0.2, 0.25) is 5.91 Å². The first kappa shape index (κ1) is 20.0. The van der Waals surface area contributed by atoms with Gasteiger partial charge in [-0.2, -0.15) is 0 Å². The Balaban J connectivity index is 1.61. The highest BCUT2D eigenvalue weighted by atomic mass is 16.5. The van der Waals surface area contributed by atoms with Gasteiger partial charge < -0.3 is 19.4 Å². The largest absolute Gasteiger partial charge is 0.482 e. The van der Waals surface area contributed by atoms with E-state index in [1.807, 2.05) is 18.2 Å². The molecule has 6 heteroatoms. The Hall–Kier alpha value is -2.76. The van der Waals surface area contributed by atoms with Crippen LogP contribution in [0.25, 0.3) is 0 Å². The minimum absolute atomic E-state index is 0.0208. The van der Waals surface area contributed by atoms with E-state index in [4.69, 9.17) is 9.15 Å². The zero-order chi connectivity index (χ0) is 20.1. The highest BCUT2D eigenvalue weighted by Gasteiger charge is 2.28. The van der Waals surface area contributed by atoms with Crippen molar-refractivity contribution in [3.8, 4) is 5.75 Å². The molecular formula is C22H28N2O4. The van der Waals surface area contributed by atoms with Gasteiger partial charge in [0.25, 0.3) is 5.91 Å². The molecule has 0 saturated carbocycles. The van der Waals surface area contributed by atoms with E-state index >= 15 is 0 Å². The number of fused-ring (bicyclic) bond motifs is 1. The minimum atomic E-state index is -0.0741. The van der Waals surface area contributed by atoms with Crippen LogP contribution >= 0.6 is 0 Å². The highest BCUT2D eigenvalue weighted by Crippen LogP contribution is 2.37. The van der Waals surface area contributed by atoms with Crippen LogP contribution in [0, 0.1) is 0 Å². The maximum atomic E-state index is 12.4. The number of anilines is 1. The number of hydrogen-bond donors (Lipinski definition) is 1. The molecule has 150 valence electrons. The number of rotatable bonds is 8. The number of nitrogens with zero attached hydrogens (tertiary/aromatic N) is 1. The number of carbonyl (C=O) groups excluding carboxylic acids is 2. The summed E-state index contributed by atoms with van der Waals surface area (Å²) in [7, 11) is 0. The predicted molar refractivity (Wildman–Crippen MR) is 107 cm³/mol. The van der Waals surface area contributed by atoms with E-state index in [0.717, 1.165) is 23.6 Å².